The van der Waals surface area contributed by atoms with E-state index in [2.05, 4.69) is 15.5 Å². The Hall–Kier alpha value is -2.43. The SMILES string of the molecule is COCCOc1cn[nH]c1C(=O)Nc1sc2c(c1C(N)=O)CC(C)(C)OC2(C)C. The highest BCUT2D eigenvalue weighted by atomic mass is 32.1. The van der Waals surface area contributed by atoms with E-state index in [0.29, 0.717) is 29.3 Å². The average molecular weight is 423 g/mol. The number of amides is 2. The van der Waals surface area contributed by atoms with Crippen LogP contribution in [0.3, 0.4) is 0 Å². The molecule has 0 atom stereocenters. The van der Waals surface area contributed by atoms with E-state index in [0.717, 1.165) is 10.4 Å². The smallest absolute Gasteiger partial charge is 0.278 e. The van der Waals surface area contributed by atoms with Crippen molar-refractivity contribution >= 4 is 28.2 Å². The van der Waals surface area contributed by atoms with Crippen molar-refractivity contribution in [2.45, 2.75) is 45.3 Å². The van der Waals surface area contributed by atoms with Crippen LogP contribution >= 0.6 is 11.3 Å². The maximum absolute atomic E-state index is 12.8. The lowest BCUT2D eigenvalue weighted by Crippen LogP contribution is -2.42. The topological polar surface area (TPSA) is 129 Å². The molecule has 29 heavy (non-hydrogen) atoms. The molecule has 0 aromatic carbocycles. The number of H-pyrrole nitrogens is 1. The van der Waals surface area contributed by atoms with E-state index in [-0.39, 0.29) is 12.3 Å². The molecule has 0 radical (unpaired) electrons. The molecule has 0 fully saturated rings. The number of methoxy groups -OCH3 is 1. The first-order chi connectivity index (χ1) is 13.6. The molecule has 0 aliphatic carbocycles. The molecular weight excluding hydrogens is 396 g/mol. The molecule has 0 saturated carbocycles. The number of hydrogen-bond donors (Lipinski definition) is 3. The number of nitrogens with two attached hydrogens (primary N) is 1. The van der Waals surface area contributed by atoms with Gasteiger partial charge >= 0.3 is 0 Å². The Labute approximate surface area is 172 Å². The number of nitrogens with one attached hydrogen (secondary N) is 2. The summed E-state index contributed by atoms with van der Waals surface area (Å²) < 4.78 is 16.6. The van der Waals surface area contributed by atoms with Gasteiger partial charge in [0.15, 0.2) is 11.4 Å². The van der Waals surface area contributed by atoms with Gasteiger partial charge in [-0.2, -0.15) is 5.10 Å². The molecule has 3 heterocycles. The van der Waals surface area contributed by atoms with Crippen LogP contribution in [0.25, 0.3) is 0 Å². The van der Waals surface area contributed by atoms with Crippen LogP contribution in [-0.4, -0.2) is 47.9 Å². The van der Waals surface area contributed by atoms with E-state index in [9.17, 15) is 9.59 Å². The monoisotopic (exact) mass is 422 g/mol. The molecule has 2 aromatic rings. The number of primary amides is 1. The van der Waals surface area contributed by atoms with E-state index in [1.807, 2.05) is 27.7 Å². The van der Waals surface area contributed by atoms with Crippen LogP contribution in [0, 0.1) is 0 Å². The third kappa shape index (κ3) is 4.29. The van der Waals surface area contributed by atoms with Crippen LogP contribution in [0.15, 0.2) is 6.20 Å². The third-order valence-electron chi connectivity index (χ3n) is 4.54. The van der Waals surface area contributed by atoms with E-state index in [1.165, 1.54) is 17.5 Å². The number of carbonyl (C=O) groups excluding carboxylic acids is 2. The molecule has 0 spiro atoms. The number of anilines is 1. The standard InChI is InChI=1S/C19H26N4O5S/c1-18(2)8-10-12(15(20)24)17(29-14(10)19(3,4)28-18)22-16(25)13-11(9-21-23-13)27-7-6-26-5/h9H,6-8H2,1-5H3,(H2,20,24)(H,21,23)(H,22,25). The van der Waals surface area contributed by atoms with Gasteiger partial charge in [0.25, 0.3) is 11.8 Å². The number of ether oxygens (including phenoxy) is 3. The van der Waals surface area contributed by atoms with E-state index >= 15 is 0 Å². The minimum atomic E-state index is -0.614. The molecule has 4 N–H and O–H groups in total. The Morgan fingerprint density at radius 1 is 1.34 bits per heavy atom. The van der Waals surface area contributed by atoms with Crippen molar-refractivity contribution in [3.05, 3.63) is 27.9 Å². The quantitative estimate of drug-likeness (QED) is 0.588. The summed E-state index contributed by atoms with van der Waals surface area (Å²) in [4.78, 5) is 26.0. The molecule has 158 valence electrons. The van der Waals surface area contributed by atoms with Gasteiger partial charge in [0, 0.05) is 18.4 Å². The largest absolute Gasteiger partial charge is 0.487 e. The molecule has 1 aliphatic heterocycles. The lowest BCUT2D eigenvalue weighted by Gasteiger charge is -2.41. The second-order valence-electron chi connectivity index (χ2n) is 7.93. The Morgan fingerprint density at radius 3 is 2.72 bits per heavy atom. The molecule has 9 nitrogen and oxygen atoms in total. The minimum absolute atomic E-state index is 0.152. The van der Waals surface area contributed by atoms with Crippen molar-refractivity contribution < 1.29 is 23.8 Å². The fourth-order valence-electron chi connectivity index (χ4n) is 3.62. The summed E-state index contributed by atoms with van der Waals surface area (Å²) in [5.74, 6) is -0.771. The lowest BCUT2D eigenvalue weighted by atomic mass is 9.86. The number of aromatic nitrogens is 2. The molecule has 0 saturated heterocycles. The summed E-state index contributed by atoms with van der Waals surface area (Å²) in [6.07, 6.45) is 1.93. The first-order valence-electron chi connectivity index (χ1n) is 9.18. The van der Waals surface area contributed by atoms with Crippen LogP contribution in [0.1, 0.15) is 59.0 Å². The molecule has 3 rings (SSSR count). The van der Waals surface area contributed by atoms with Gasteiger partial charge in [0.2, 0.25) is 0 Å². The highest BCUT2D eigenvalue weighted by molar-refractivity contribution is 7.17. The summed E-state index contributed by atoms with van der Waals surface area (Å²) >= 11 is 1.30. The summed E-state index contributed by atoms with van der Waals surface area (Å²) in [5, 5.41) is 9.67. The van der Waals surface area contributed by atoms with Crippen molar-refractivity contribution in [1.82, 2.24) is 10.2 Å². The normalized spacial score (nSPS) is 16.9. The Bertz CT molecular complexity index is 931. The second-order valence-corrected chi connectivity index (χ2v) is 8.95. The second kappa shape index (κ2) is 7.77. The van der Waals surface area contributed by atoms with Gasteiger partial charge in [-0.15, -0.1) is 11.3 Å². The Morgan fingerprint density at radius 2 is 2.07 bits per heavy atom. The first-order valence-corrected chi connectivity index (χ1v) is 10.00. The van der Waals surface area contributed by atoms with Crippen molar-refractivity contribution in [3.63, 3.8) is 0 Å². The Balaban J connectivity index is 1.93. The molecule has 2 aromatic heterocycles. The zero-order valence-corrected chi connectivity index (χ0v) is 18.0. The highest BCUT2D eigenvalue weighted by Crippen LogP contribution is 2.48. The highest BCUT2D eigenvalue weighted by Gasteiger charge is 2.43. The van der Waals surface area contributed by atoms with Gasteiger partial charge in [0.05, 0.1) is 29.6 Å². The van der Waals surface area contributed by atoms with Gasteiger partial charge in [-0.3, -0.25) is 14.7 Å². The minimum Gasteiger partial charge on any atom is -0.487 e. The molecule has 10 heteroatoms. The van der Waals surface area contributed by atoms with Crippen LogP contribution in [-0.2, 0) is 21.5 Å². The van der Waals surface area contributed by atoms with Crippen LogP contribution in [0.2, 0.25) is 0 Å². The summed E-state index contributed by atoms with van der Waals surface area (Å²) in [6, 6.07) is 0. The van der Waals surface area contributed by atoms with E-state index < -0.39 is 23.0 Å². The van der Waals surface area contributed by atoms with Gasteiger partial charge in [-0.05, 0) is 33.3 Å². The predicted octanol–water partition coefficient (Wildman–Crippen LogP) is 2.43. The zero-order valence-electron chi connectivity index (χ0n) is 17.2. The molecule has 1 aliphatic rings. The average Bonchev–Trinajstić information content (AvgIpc) is 3.18. The van der Waals surface area contributed by atoms with Crippen LogP contribution in [0.5, 0.6) is 5.75 Å². The van der Waals surface area contributed by atoms with E-state index in [4.69, 9.17) is 19.9 Å². The maximum Gasteiger partial charge on any atom is 0.278 e. The summed E-state index contributed by atoms with van der Waals surface area (Å²) in [6.45, 7) is 8.46. The number of hydrogen-bond acceptors (Lipinski definition) is 7. The molecular formula is C19H26N4O5S. The van der Waals surface area contributed by atoms with Gasteiger partial charge < -0.3 is 25.3 Å². The van der Waals surface area contributed by atoms with Crippen LogP contribution in [0.4, 0.5) is 5.00 Å². The molecule has 2 amide bonds. The number of fused-ring (bicyclic) bond motifs is 1. The van der Waals surface area contributed by atoms with Gasteiger partial charge in [0.1, 0.15) is 11.6 Å². The third-order valence-corrected chi connectivity index (χ3v) is 5.99. The molecule has 0 unspecified atom stereocenters. The van der Waals surface area contributed by atoms with Crippen molar-refractivity contribution in [2.24, 2.45) is 5.73 Å². The van der Waals surface area contributed by atoms with Crippen molar-refractivity contribution in [1.29, 1.82) is 0 Å². The van der Waals surface area contributed by atoms with Gasteiger partial charge in [-0.1, -0.05) is 0 Å². The number of carbonyl (C=O) groups is 2. The van der Waals surface area contributed by atoms with Crippen molar-refractivity contribution in [2.75, 3.05) is 25.6 Å². The van der Waals surface area contributed by atoms with Crippen LogP contribution < -0.4 is 15.8 Å². The van der Waals surface area contributed by atoms with Gasteiger partial charge in [-0.25, -0.2) is 0 Å². The number of aromatic amines is 1. The first kappa shape index (κ1) is 21.3. The fraction of sp³-hybridized carbons (Fsp3) is 0.526. The number of nitrogens with zero attached hydrogens (tertiary/aromatic N) is 1. The fourth-order valence-corrected chi connectivity index (χ4v) is 4.87. The summed E-state index contributed by atoms with van der Waals surface area (Å²) in [5.41, 5.74) is 5.90. The lowest BCUT2D eigenvalue weighted by molar-refractivity contribution is -0.135. The van der Waals surface area contributed by atoms with Crippen molar-refractivity contribution in [3.8, 4) is 5.75 Å². The zero-order chi connectivity index (χ0) is 21.4. The predicted molar refractivity (Wildman–Crippen MR) is 109 cm³/mol. The molecule has 0 bridgehead atoms. The Kier molecular flexibility index (Phi) is 5.70. The maximum atomic E-state index is 12.8. The number of thiophene rings is 1. The number of rotatable bonds is 7. The van der Waals surface area contributed by atoms with E-state index in [1.54, 1.807) is 7.11 Å². The summed E-state index contributed by atoms with van der Waals surface area (Å²) in [7, 11) is 1.56.